The van der Waals surface area contributed by atoms with Crippen molar-refractivity contribution in [2.45, 2.75) is 27.2 Å². The Morgan fingerprint density at radius 3 is 1.48 bits per heavy atom. The third kappa shape index (κ3) is 12.9. The van der Waals surface area contributed by atoms with Crippen LogP contribution in [0.3, 0.4) is 0 Å². The molecule has 0 aromatic heterocycles. The summed E-state index contributed by atoms with van der Waals surface area (Å²) in [5, 5.41) is 11.7. The van der Waals surface area contributed by atoms with Crippen molar-refractivity contribution in [2.24, 2.45) is 17.8 Å². The predicted octanol–water partition coefficient (Wildman–Crippen LogP) is 1.10. The summed E-state index contributed by atoms with van der Waals surface area (Å²) in [5.41, 5.74) is 0. The van der Waals surface area contributed by atoms with E-state index in [2.05, 4.69) is 106 Å². The molecule has 1 amide bonds. The molecule has 0 aromatic rings. The first-order valence-corrected chi connectivity index (χ1v) is 8.93. The number of hydrogen-bond acceptors (Lipinski definition) is 2. The Bertz CT molecular complexity index is 1230. The summed E-state index contributed by atoms with van der Waals surface area (Å²) >= 11 is 0. The normalized spacial score (nSPS) is 8.87. The molecule has 2 N–H and O–H groups in total. The second kappa shape index (κ2) is 17.1. The first kappa shape index (κ1) is 26.0. The summed E-state index contributed by atoms with van der Waals surface area (Å²) in [6, 6.07) is 2.40. The largest absolute Gasteiger partial charge is 0.481 e. The van der Waals surface area contributed by atoms with E-state index in [0.717, 1.165) is 0 Å². The maximum Gasteiger partial charge on any atom is 0.307 e. The second-order valence-electron chi connectivity index (χ2n) is 5.76. The van der Waals surface area contributed by atoms with Crippen LogP contribution in [0.1, 0.15) is 27.2 Å². The van der Waals surface area contributed by atoms with E-state index < -0.39 is 23.7 Å². The number of aliphatic carboxylic acids is 1. The number of carboxylic acid groups (broad SMARTS) is 1. The van der Waals surface area contributed by atoms with Crippen molar-refractivity contribution in [3.05, 3.63) is 0 Å². The lowest BCUT2D eigenvalue weighted by atomic mass is 9.81. The summed E-state index contributed by atoms with van der Waals surface area (Å²) in [5.74, 6) is 35.6. The van der Waals surface area contributed by atoms with Crippen LogP contribution >= 0.6 is 0 Å². The summed E-state index contributed by atoms with van der Waals surface area (Å²) < 4.78 is 0. The zero-order valence-electron chi connectivity index (χ0n) is 17.3. The van der Waals surface area contributed by atoms with Gasteiger partial charge in [-0.3, -0.25) is 14.9 Å². The van der Waals surface area contributed by atoms with Gasteiger partial charge in [0.05, 0.1) is 11.8 Å². The highest BCUT2D eigenvalue weighted by Crippen LogP contribution is 2.24. The number of carbonyl (C=O) groups excluding carboxylic acids is 1. The maximum absolute atomic E-state index is 12.2. The molecular formula is C27H17NO3. The third-order valence-corrected chi connectivity index (χ3v) is 3.41. The second-order valence-corrected chi connectivity index (χ2v) is 5.76. The van der Waals surface area contributed by atoms with Gasteiger partial charge in [0, 0.05) is 53.4 Å². The van der Waals surface area contributed by atoms with Crippen LogP contribution in [0.4, 0.5) is 0 Å². The average molecular weight is 403 g/mol. The summed E-state index contributed by atoms with van der Waals surface area (Å²) in [6.45, 7) is 5.32. The van der Waals surface area contributed by atoms with Crippen LogP contribution < -0.4 is 5.32 Å². The Labute approximate surface area is 184 Å². The highest BCUT2D eigenvalue weighted by atomic mass is 16.4. The van der Waals surface area contributed by atoms with Gasteiger partial charge in [0.25, 0.3) is 0 Å². The van der Waals surface area contributed by atoms with Gasteiger partial charge < -0.3 is 5.11 Å². The van der Waals surface area contributed by atoms with Crippen LogP contribution in [0.5, 0.6) is 0 Å². The molecule has 2 unspecified atom stereocenters. The molecule has 0 heterocycles. The van der Waals surface area contributed by atoms with E-state index in [1.54, 1.807) is 20.8 Å². The predicted molar refractivity (Wildman–Crippen MR) is 119 cm³/mol. The van der Waals surface area contributed by atoms with E-state index in [0.29, 0.717) is 6.42 Å². The van der Waals surface area contributed by atoms with Crippen molar-refractivity contribution < 1.29 is 14.7 Å². The number of amides is 1. The molecule has 0 rings (SSSR count). The minimum atomic E-state index is -1.00. The van der Waals surface area contributed by atoms with Gasteiger partial charge in [-0.2, -0.15) is 0 Å². The van der Waals surface area contributed by atoms with Crippen molar-refractivity contribution in [1.82, 2.24) is 5.32 Å². The third-order valence-electron chi connectivity index (χ3n) is 3.41. The van der Waals surface area contributed by atoms with Crippen LogP contribution in [0.15, 0.2) is 0 Å². The Balaban J connectivity index is 4.74. The minimum absolute atomic E-state index is 0.145. The highest BCUT2D eigenvalue weighted by molar-refractivity contribution is 5.86. The summed E-state index contributed by atoms with van der Waals surface area (Å²) in [6.07, 6.45) is 5.27. The molecule has 0 bridgehead atoms. The number of terminal acetylenes is 1. The first-order valence-electron chi connectivity index (χ1n) is 8.93. The van der Waals surface area contributed by atoms with Gasteiger partial charge in [-0.1, -0.05) is 20.8 Å². The van der Waals surface area contributed by atoms with E-state index in [9.17, 15) is 14.7 Å². The Hall–Kier alpha value is -5.02. The molecule has 2 atom stereocenters. The van der Waals surface area contributed by atoms with Crippen molar-refractivity contribution in [1.29, 1.82) is 0 Å². The van der Waals surface area contributed by atoms with Gasteiger partial charge in [-0.15, -0.1) is 6.42 Å². The number of nitrogens with one attached hydrogen (secondary N) is 1. The van der Waals surface area contributed by atoms with E-state index in [1.807, 2.05) is 0 Å². The van der Waals surface area contributed by atoms with Crippen LogP contribution in [-0.4, -0.2) is 17.0 Å². The molecule has 0 aromatic carbocycles. The van der Waals surface area contributed by atoms with Crippen LogP contribution in [0.25, 0.3) is 0 Å². The fourth-order valence-electron chi connectivity index (χ4n) is 2.18. The molecule has 31 heavy (non-hydrogen) atoms. The van der Waals surface area contributed by atoms with Crippen LogP contribution in [0.2, 0.25) is 0 Å². The molecule has 0 aliphatic carbocycles. The first-order chi connectivity index (χ1) is 15.0. The monoisotopic (exact) mass is 403 g/mol. The standard InChI is InChI=1S/C27H17NO3/c1-5-7-8-9-10-11-12-13-14-15-16-17-18-19-20-21-22-28-26(29)25(23(3)4)24(6-2)27(30)31/h1,23-25H,6H2,2-4H3,(H,28,29)(H,30,31). The summed E-state index contributed by atoms with van der Waals surface area (Å²) in [7, 11) is 0. The molecule has 0 saturated carbocycles. The number of rotatable bonds is 5. The Morgan fingerprint density at radius 1 is 0.774 bits per heavy atom. The van der Waals surface area contributed by atoms with Crippen LogP contribution in [-0.2, 0) is 9.59 Å². The van der Waals surface area contributed by atoms with E-state index >= 15 is 0 Å². The fraction of sp³-hybridized carbons (Fsp3) is 0.259. The molecule has 4 heteroatoms. The molecule has 0 aliphatic heterocycles. The zero-order chi connectivity index (χ0) is 23.3. The van der Waals surface area contributed by atoms with Crippen LogP contribution in [0, 0.1) is 125 Å². The van der Waals surface area contributed by atoms with E-state index in [1.165, 1.54) is 0 Å². The van der Waals surface area contributed by atoms with E-state index in [4.69, 9.17) is 6.42 Å². The molecule has 148 valence electrons. The quantitative estimate of drug-likeness (QED) is 0.534. The fourth-order valence-corrected chi connectivity index (χ4v) is 2.18. The number of carboxylic acids is 1. The molecule has 0 spiro atoms. The molecular weight excluding hydrogens is 386 g/mol. The Morgan fingerprint density at radius 2 is 1.16 bits per heavy atom. The van der Waals surface area contributed by atoms with Crippen molar-refractivity contribution in [2.75, 3.05) is 0 Å². The zero-order valence-corrected chi connectivity index (χ0v) is 17.3. The topological polar surface area (TPSA) is 66.4 Å². The molecule has 0 fully saturated rings. The highest BCUT2D eigenvalue weighted by Gasteiger charge is 2.34. The van der Waals surface area contributed by atoms with Gasteiger partial charge in [0.1, 0.15) is 0 Å². The SMILES string of the molecule is C#CC#CC#CC#CC#CC#CC#CC#CC#CNC(=O)C(C(C)C)C(CC)C(=O)O. The molecule has 0 aliphatic rings. The molecule has 0 radical (unpaired) electrons. The smallest absolute Gasteiger partial charge is 0.307 e. The van der Waals surface area contributed by atoms with Gasteiger partial charge in [0.15, 0.2) is 0 Å². The van der Waals surface area contributed by atoms with Crippen molar-refractivity contribution in [3.63, 3.8) is 0 Å². The minimum Gasteiger partial charge on any atom is -0.481 e. The van der Waals surface area contributed by atoms with Crippen molar-refractivity contribution >= 4 is 11.9 Å². The summed E-state index contributed by atoms with van der Waals surface area (Å²) in [4.78, 5) is 23.6. The van der Waals surface area contributed by atoms with Gasteiger partial charge >= 0.3 is 5.97 Å². The number of hydrogen-bond donors (Lipinski definition) is 2. The van der Waals surface area contributed by atoms with Gasteiger partial charge in [-0.05, 0) is 59.7 Å². The molecule has 0 saturated heterocycles. The van der Waals surface area contributed by atoms with E-state index in [-0.39, 0.29) is 5.92 Å². The lowest BCUT2D eigenvalue weighted by Crippen LogP contribution is -2.39. The lowest BCUT2D eigenvalue weighted by molar-refractivity contribution is -0.148. The Kier molecular flexibility index (Phi) is 14.3. The van der Waals surface area contributed by atoms with Crippen molar-refractivity contribution in [3.8, 4) is 107 Å². The molecule has 4 nitrogen and oxygen atoms in total. The van der Waals surface area contributed by atoms with Gasteiger partial charge in [-0.25, -0.2) is 0 Å². The average Bonchev–Trinajstić information content (AvgIpc) is 2.73. The maximum atomic E-state index is 12.2. The lowest BCUT2D eigenvalue weighted by Gasteiger charge is -2.24. The van der Waals surface area contributed by atoms with Gasteiger partial charge in [0.2, 0.25) is 5.91 Å². The number of carbonyl (C=O) groups is 2.